The Morgan fingerprint density at radius 3 is 2.82 bits per heavy atom. The SMILES string of the molecule is CSCC[C@H](N)C(=O)NCCC(=O)Nc1cc(Br)ccc1C. The number of carbonyl (C=O) groups is 2. The van der Waals surface area contributed by atoms with Crippen molar-refractivity contribution in [3.63, 3.8) is 0 Å². The maximum absolute atomic E-state index is 11.9. The number of carbonyl (C=O) groups excluding carboxylic acids is 2. The molecule has 0 aromatic heterocycles. The fourth-order valence-corrected chi connectivity index (χ4v) is 2.60. The van der Waals surface area contributed by atoms with E-state index >= 15 is 0 Å². The molecule has 2 amide bonds. The van der Waals surface area contributed by atoms with Crippen LogP contribution in [-0.2, 0) is 9.59 Å². The molecule has 0 spiro atoms. The van der Waals surface area contributed by atoms with Crippen LogP contribution in [0.25, 0.3) is 0 Å². The predicted molar refractivity (Wildman–Crippen MR) is 96.1 cm³/mol. The van der Waals surface area contributed by atoms with Crippen LogP contribution < -0.4 is 16.4 Å². The van der Waals surface area contributed by atoms with Crippen LogP contribution in [0.1, 0.15) is 18.4 Å². The second-order valence-corrected chi connectivity index (χ2v) is 6.84. The summed E-state index contributed by atoms with van der Waals surface area (Å²) in [5.41, 5.74) is 7.50. The van der Waals surface area contributed by atoms with E-state index in [4.69, 9.17) is 5.73 Å². The Morgan fingerprint density at radius 2 is 2.14 bits per heavy atom. The summed E-state index contributed by atoms with van der Waals surface area (Å²) in [6, 6.07) is 5.18. The van der Waals surface area contributed by atoms with Gasteiger partial charge in [-0.2, -0.15) is 11.8 Å². The molecule has 4 N–H and O–H groups in total. The van der Waals surface area contributed by atoms with Gasteiger partial charge in [-0.3, -0.25) is 9.59 Å². The summed E-state index contributed by atoms with van der Waals surface area (Å²) in [7, 11) is 0. The summed E-state index contributed by atoms with van der Waals surface area (Å²) in [6.45, 7) is 2.21. The van der Waals surface area contributed by atoms with Gasteiger partial charge in [0.2, 0.25) is 11.8 Å². The van der Waals surface area contributed by atoms with Crippen molar-refractivity contribution in [2.75, 3.05) is 23.9 Å². The highest BCUT2D eigenvalue weighted by Gasteiger charge is 2.13. The molecule has 1 rings (SSSR count). The van der Waals surface area contributed by atoms with Crippen LogP contribution in [-0.4, -0.2) is 36.4 Å². The Balaban J connectivity index is 2.34. The summed E-state index contributed by atoms with van der Waals surface area (Å²) >= 11 is 5.02. The third kappa shape index (κ3) is 6.81. The van der Waals surface area contributed by atoms with Gasteiger partial charge in [-0.1, -0.05) is 22.0 Å². The van der Waals surface area contributed by atoms with Crippen LogP contribution in [0.2, 0.25) is 0 Å². The number of amides is 2. The van der Waals surface area contributed by atoms with Gasteiger partial charge in [0, 0.05) is 23.1 Å². The summed E-state index contributed by atoms with van der Waals surface area (Å²) in [5, 5.41) is 5.52. The van der Waals surface area contributed by atoms with Gasteiger partial charge in [0.1, 0.15) is 0 Å². The summed E-state index contributed by atoms with van der Waals surface area (Å²) in [5.74, 6) is 0.497. The van der Waals surface area contributed by atoms with Crippen molar-refractivity contribution in [2.45, 2.75) is 25.8 Å². The highest BCUT2D eigenvalue weighted by Crippen LogP contribution is 2.20. The Labute approximate surface area is 143 Å². The van der Waals surface area contributed by atoms with Crippen LogP contribution in [0.15, 0.2) is 22.7 Å². The zero-order valence-electron chi connectivity index (χ0n) is 12.8. The van der Waals surface area contributed by atoms with E-state index in [9.17, 15) is 9.59 Å². The molecule has 0 heterocycles. The second-order valence-electron chi connectivity index (χ2n) is 4.94. The van der Waals surface area contributed by atoms with Gasteiger partial charge in [0.15, 0.2) is 0 Å². The average molecular weight is 388 g/mol. The molecule has 0 saturated carbocycles. The van der Waals surface area contributed by atoms with Gasteiger partial charge in [-0.25, -0.2) is 0 Å². The minimum absolute atomic E-state index is 0.140. The highest BCUT2D eigenvalue weighted by molar-refractivity contribution is 9.10. The number of nitrogens with one attached hydrogen (secondary N) is 2. The summed E-state index contributed by atoms with van der Waals surface area (Å²) in [4.78, 5) is 23.6. The first-order valence-corrected chi connectivity index (χ1v) is 9.21. The smallest absolute Gasteiger partial charge is 0.236 e. The van der Waals surface area contributed by atoms with E-state index in [1.54, 1.807) is 11.8 Å². The first-order chi connectivity index (χ1) is 10.4. The van der Waals surface area contributed by atoms with E-state index in [1.807, 2.05) is 31.4 Å². The first kappa shape index (κ1) is 19.0. The highest BCUT2D eigenvalue weighted by atomic mass is 79.9. The molecule has 7 heteroatoms. The van der Waals surface area contributed by atoms with Gasteiger partial charge < -0.3 is 16.4 Å². The van der Waals surface area contributed by atoms with Gasteiger partial charge in [-0.15, -0.1) is 0 Å². The largest absolute Gasteiger partial charge is 0.354 e. The lowest BCUT2D eigenvalue weighted by Crippen LogP contribution is -2.41. The molecule has 0 aliphatic carbocycles. The number of hydrogen-bond donors (Lipinski definition) is 3. The van der Waals surface area contributed by atoms with E-state index in [-0.39, 0.29) is 24.8 Å². The van der Waals surface area contributed by atoms with Gasteiger partial charge in [0.05, 0.1) is 6.04 Å². The molecule has 122 valence electrons. The van der Waals surface area contributed by atoms with Gasteiger partial charge in [-0.05, 0) is 43.0 Å². The van der Waals surface area contributed by atoms with Crippen molar-refractivity contribution in [1.82, 2.24) is 5.32 Å². The minimum Gasteiger partial charge on any atom is -0.354 e. The Bertz CT molecular complexity index is 526. The molecule has 22 heavy (non-hydrogen) atoms. The van der Waals surface area contributed by atoms with Gasteiger partial charge >= 0.3 is 0 Å². The van der Waals surface area contributed by atoms with Crippen LogP contribution in [0.3, 0.4) is 0 Å². The number of halogens is 1. The van der Waals surface area contributed by atoms with E-state index in [2.05, 4.69) is 26.6 Å². The maximum Gasteiger partial charge on any atom is 0.236 e. The van der Waals surface area contributed by atoms with E-state index in [1.165, 1.54) is 0 Å². The third-order valence-corrected chi connectivity index (χ3v) is 4.23. The molecule has 1 atom stereocenters. The predicted octanol–water partition coefficient (Wildman–Crippen LogP) is 2.28. The second kappa shape index (κ2) is 9.86. The standard InChI is InChI=1S/C15H22BrN3O2S/c1-10-3-4-11(16)9-13(10)19-14(20)5-7-18-15(21)12(17)6-8-22-2/h3-4,9,12H,5-8,17H2,1-2H3,(H,18,21)(H,19,20)/t12-/m0/s1. The van der Waals surface area contributed by atoms with Crippen molar-refractivity contribution in [3.8, 4) is 0 Å². The molecule has 0 aliphatic heterocycles. The zero-order valence-corrected chi connectivity index (χ0v) is 15.2. The molecule has 1 aromatic carbocycles. The van der Waals surface area contributed by atoms with Crippen LogP contribution in [0.5, 0.6) is 0 Å². The van der Waals surface area contributed by atoms with E-state index in [0.29, 0.717) is 6.42 Å². The number of anilines is 1. The number of nitrogens with two attached hydrogens (primary N) is 1. The monoisotopic (exact) mass is 387 g/mol. The van der Waals surface area contributed by atoms with Crippen molar-refractivity contribution in [2.24, 2.45) is 5.73 Å². The Hall–Kier alpha value is -1.05. The molecular formula is C15H22BrN3O2S. The van der Waals surface area contributed by atoms with Crippen molar-refractivity contribution in [1.29, 1.82) is 0 Å². The molecule has 0 unspecified atom stereocenters. The zero-order chi connectivity index (χ0) is 16.5. The molecule has 0 radical (unpaired) electrons. The molecule has 0 fully saturated rings. The number of rotatable bonds is 8. The molecule has 1 aromatic rings. The molecule has 0 bridgehead atoms. The Kier molecular flexibility index (Phi) is 8.52. The lowest BCUT2D eigenvalue weighted by molar-refractivity contribution is -0.122. The van der Waals surface area contributed by atoms with Crippen molar-refractivity contribution >= 4 is 45.2 Å². The minimum atomic E-state index is -0.511. The molecular weight excluding hydrogens is 366 g/mol. The maximum atomic E-state index is 11.9. The number of benzene rings is 1. The summed E-state index contributed by atoms with van der Waals surface area (Å²) < 4.78 is 0.904. The van der Waals surface area contributed by atoms with E-state index < -0.39 is 6.04 Å². The number of hydrogen-bond acceptors (Lipinski definition) is 4. The van der Waals surface area contributed by atoms with E-state index in [0.717, 1.165) is 21.5 Å². The normalized spacial score (nSPS) is 11.8. The average Bonchev–Trinajstić information content (AvgIpc) is 2.48. The van der Waals surface area contributed by atoms with Crippen LogP contribution >= 0.6 is 27.7 Å². The van der Waals surface area contributed by atoms with Crippen LogP contribution in [0, 0.1) is 6.92 Å². The Morgan fingerprint density at radius 1 is 1.41 bits per heavy atom. The first-order valence-electron chi connectivity index (χ1n) is 7.02. The van der Waals surface area contributed by atoms with Crippen molar-refractivity contribution in [3.05, 3.63) is 28.2 Å². The molecule has 5 nitrogen and oxygen atoms in total. The van der Waals surface area contributed by atoms with Gasteiger partial charge in [0.25, 0.3) is 0 Å². The lowest BCUT2D eigenvalue weighted by atomic mass is 10.2. The third-order valence-electron chi connectivity index (χ3n) is 3.09. The molecule has 0 aliphatic rings. The van der Waals surface area contributed by atoms with Crippen molar-refractivity contribution < 1.29 is 9.59 Å². The molecule has 0 saturated heterocycles. The topological polar surface area (TPSA) is 84.2 Å². The fourth-order valence-electron chi connectivity index (χ4n) is 1.75. The summed E-state index contributed by atoms with van der Waals surface area (Å²) in [6.07, 6.45) is 2.82. The quantitative estimate of drug-likeness (QED) is 0.638. The number of aryl methyl sites for hydroxylation is 1. The lowest BCUT2D eigenvalue weighted by Gasteiger charge is -2.12. The van der Waals surface area contributed by atoms with Crippen LogP contribution in [0.4, 0.5) is 5.69 Å². The fraction of sp³-hybridized carbons (Fsp3) is 0.467. The number of thioether (sulfide) groups is 1.